The number of amides is 2. The first-order valence-electron chi connectivity index (χ1n) is 7.69. The van der Waals surface area contributed by atoms with E-state index in [9.17, 15) is 19.8 Å². The van der Waals surface area contributed by atoms with E-state index in [0.717, 1.165) is 5.56 Å². The van der Waals surface area contributed by atoms with Gasteiger partial charge in [-0.05, 0) is 17.7 Å². The largest absolute Gasteiger partial charge is 0.508 e. The van der Waals surface area contributed by atoms with Crippen molar-refractivity contribution in [2.45, 2.75) is 19.4 Å². The van der Waals surface area contributed by atoms with Gasteiger partial charge < -0.3 is 15.5 Å². The maximum Gasteiger partial charge on any atom is 0.240 e. The first kappa shape index (κ1) is 18.0. The summed E-state index contributed by atoms with van der Waals surface area (Å²) < 4.78 is 0. The molecule has 0 heterocycles. The molecular formula is C18H19N3O4. The van der Waals surface area contributed by atoms with E-state index in [1.165, 1.54) is 24.4 Å². The van der Waals surface area contributed by atoms with E-state index in [1.54, 1.807) is 0 Å². The highest BCUT2D eigenvalue weighted by Crippen LogP contribution is 2.20. The highest BCUT2D eigenvalue weighted by Gasteiger charge is 2.06. The zero-order valence-electron chi connectivity index (χ0n) is 13.5. The van der Waals surface area contributed by atoms with Gasteiger partial charge in [-0.1, -0.05) is 30.3 Å². The molecule has 0 bridgehead atoms. The Bertz CT molecular complexity index is 760. The minimum Gasteiger partial charge on any atom is -0.508 e. The fourth-order valence-corrected chi connectivity index (χ4v) is 1.98. The molecule has 0 aliphatic carbocycles. The summed E-state index contributed by atoms with van der Waals surface area (Å²) in [6, 6.07) is 13.5. The van der Waals surface area contributed by atoms with Crippen molar-refractivity contribution in [2.24, 2.45) is 5.10 Å². The Balaban J connectivity index is 1.69. The van der Waals surface area contributed by atoms with Crippen LogP contribution in [0.4, 0.5) is 0 Å². The molecule has 0 unspecified atom stereocenters. The predicted octanol–water partition coefficient (Wildman–Crippen LogP) is 1.64. The number of carbonyl (C=O) groups excluding carboxylic acids is 2. The summed E-state index contributed by atoms with van der Waals surface area (Å²) in [5.41, 5.74) is 3.61. The van der Waals surface area contributed by atoms with Crippen LogP contribution in [0.5, 0.6) is 11.5 Å². The molecule has 0 aliphatic heterocycles. The summed E-state index contributed by atoms with van der Waals surface area (Å²) in [7, 11) is 0. The van der Waals surface area contributed by atoms with E-state index in [4.69, 9.17) is 0 Å². The Morgan fingerprint density at radius 2 is 1.72 bits per heavy atom. The highest BCUT2D eigenvalue weighted by atomic mass is 16.3. The van der Waals surface area contributed by atoms with Crippen LogP contribution in [0.3, 0.4) is 0 Å². The van der Waals surface area contributed by atoms with Gasteiger partial charge in [-0.3, -0.25) is 9.59 Å². The van der Waals surface area contributed by atoms with Crippen LogP contribution in [0.15, 0.2) is 53.6 Å². The van der Waals surface area contributed by atoms with Crippen molar-refractivity contribution in [3.8, 4) is 11.5 Å². The fraction of sp³-hybridized carbons (Fsp3) is 0.167. The van der Waals surface area contributed by atoms with Gasteiger partial charge in [-0.2, -0.15) is 5.10 Å². The molecule has 4 N–H and O–H groups in total. The predicted molar refractivity (Wildman–Crippen MR) is 93.0 cm³/mol. The summed E-state index contributed by atoms with van der Waals surface area (Å²) in [4.78, 5) is 23.4. The molecule has 7 nitrogen and oxygen atoms in total. The molecule has 0 atom stereocenters. The van der Waals surface area contributed by atoms with Crippen LogP contribution < -0.4 is 10.7 Å². The van der Waals surface area contributed by atoms with Crippen LogP contribution in [0.25, 0.3) is 0 Å². The highest BCUT2D eigenvalue weighted by molar-refractivity contribution is 5.86. The van der Waals surface area contributed by atoms with Crippen molar-refractivity contribution in [1.82, 2.24) is 10.7 Å². The van der Waals surface area contributed by atoms with Crippen LogP contribution in [0.1, 0.15) is 24.0 Å². The van der Waals surface area contributed by atoms with Gasteiger partial charge in [0.25, 0.3) is 0 Å². The molecule has 0 fully saturated rings. The summed E-state index contributed by atoms with van der Waals surface area (Å²) in [5, 5.41) is 25.2. The van der Waals surface area contributed by atoms with E-state index in [-0.39, 0.29) is 30.2 Å². The molecule has 130 valence electrons. The van der Waals surface area contributed by atoms with Crippen LogP contribution in [0.2, 0.25) is 0 Å². The Kier molecular flexibility index (Phi) is 6.53. The van der Waals surface area contributed by atoms with E-state index < -0.39 is 5.91 Å². The second-order valence-corrected chi connectivity index (χ2v) is 5.30. The van der Waals surface area contributed by atoms with Gasteiger partial charge in [-0.25, -0.2) is 5.43 Å². The van der Waals surface area contributed by atoms with Gasteiger partial charge in [0, 0.05) is 31.0 Å². The fourth-order valence-electron chi connectivity index (χ4n) is 1.98. The lowest BCUT2D eigenvalue weighted by atomic mass is 10.2. The number of carbonyl (C=O) groups is 2. The average molecular weight is 341 g/mol. The zero-order valence-corrected chi connectivity index (χ0v) is 13.5. The normalized spacial score (nSPS) is 10.6. The second-order valence-electron chi connectivity index (χ2n) is 5.30. The second kappa shape index (κ2) is 9.07. The van der Waals surface area contributed by atoms with Crippen molar-refractivity contribution in [2.75, 3.05) is 0 Å². The number of nitrogens with one attached hydrogen (secondary N) is 2. The first-order valence-corrected chi connectivity index (χ1v) is 7.69. The quantitative estimate of drug-likeness (QED) is 0.453. The van der Waals surface area contributed by atoms with Gasteiger partial charge in [-0.15, -0.1) is 0 Å². The molecule has 0 spiro atoms. The number of aromatic hydroxyl groups is 2. The third-order valence-electron chi connectivity index (χ3n) is 3.32. The Morgan fingerprint density at radius 3 is 2.44 bits per heavy atom. The van der Waals surface area contributed by atoms with E-state index >= 15 is 0 Å². The van der Waals surface area contributed by atoms with Gasteiger partial charge in [0.1, 0.15) is 11.5 Å². The molecule has 2 aromatic carbocycles. The van der Waals surface area contributed by atoms with Crippen molar-refractivity contribution in [3.63, 3.8) is 0 Å². The third kappa shape index (κ3) is 6.34. The Labute approximate surface area is 145 Å². The summed E-state index contributed by atoms with van der Waals surface area (Å²) in [5.74, 6) is -0.859. The Hall–Kier alpha value is -3.35. The number of hydrazone groups is 1. The van der Waals surface area contributed by atoms with Gasteiger partial charge >= 0.3 is 0 Å². The summed E-state index contributed by atoms with van der Waals surface area (Å²) >= 11 is 0. The first-order chi connectivity index (χ1) is 12.0. The number of rotatable bonds is 7. The molecule has 7 heteroatoms. The van der Waals surface area contributed by atoms with Crippen molar-refractivity contribution < 1.29 is 19.8 Å². The number of benzene rings is 2. The van der Waals surface area contributed by atoms with Gasteiger partial charge in [0.2, 0.25) is 11.8 Å². The number of hydrogen-bond donors (Lipinski definition) is 4. The number of phenols is 2. The SMILES string of the molecule is O=C(CCC(=O)N/N=C\c1ccc(O)cc1O)NCc1ccccc1. The molecule has 0 saturated carbocycles. The molecule has 2 amide bonds. The number of hydrogen-bond acceptors (Lipinski definition) is 5. The molecule has 2 aromatic rings. The molecule has 0 saturated heterocycles. The molecule has 0 aliphatic rings. The lowest BCUT2D eigenvalue weighted by Crippen LogP contribution is -2.25. The third-order valence-corrected chi connectivity index (χ3v) is 3.32. The van der Waals surface area contributed by atoms with Crippen molar-refractivity contribution in [3.05, 3.63) is 59.7 Å². The molecule has 2 rings (SSSR count). The molecule has 25 heavy (non-hydrogen) atoms. The van der Waals surface area contributed by atoms with Crippen molar-refractivity contribution in [1.29, 1.82) is 0 Å². The van der Waals surface area contributed by atoms with E-state index in [0.29, 0.717) is 12.1 Å². The number of phenolic OH excluding ortho intramolecular Hbond substituents is 2. The summed E-state index contributed by atoms with van der Waals surface area (Å²) in [6.07, 6.45) is 1.31. The lowest BCUT2D eigenvalue weighted by Gasteiger charge is -2.05. The molecule has 0 aromatic heterocycles. The topological polar surface area (TPSA) is 111 Å². The average Bonchev–Trinajstić information content (AvgIpc) is 2.61. The standard InChI is InChI=1S/C18H19N3O4/c22-15-7-6-14(16(23)10-15)12-20-21-18(25)9-8-17(24)19-11-13-4-2-1-3-5-13/h1-7,10,12,22-23H,8-9,11H2,(H,19,24)(H,21,25)/b20-12-. The lowest BCUT2D eigenvalue weighted by molar-refractivity contribution is -0.126. The molecular weight excluding hydrogens is 322 g/mol. The maximum absolute atomic E-state index is 11.7. The Morgan fingerprint density at radius 1 is 1.00 bits per heavy atom. The smallest absolute Gasteiger partial charge is 0.240 e. The molecule has 0 radical (unpaired) electrons. The van der Waals surface area contributed by atoms with Gasteiger partial charge in [0.05, 0.1) is 6.21 Å². The maximum atomic E-state index is 11.7. The minimum absolute atomic E-state index is 0.000473. The van der Waals surface area contributed by atoms with Crippen LogP contribution >= 0.6 is 0 Å². The van der Waals surface area contributed by atoms with E-state index in [1.807, 2.05) is 30.3 Å². The van der Waals surface area contributed by atoms with Crippen LogP contribution in [0, 0.1) is 0 Å². The minimum atomic E-state index is -0.413. The monoisotopic (exact) mass is 341 g/mol. The van der Waals surface area contributed by atoms with E-state index in [2.05, 4.69) is 15.8 Å². The zero-order chi connectivity index (χ0) is 18.1. The van der Waals surface area contributed by atoms with Crippen molar-refractivity contribution >= 4 is 18.0 Å². The number of nitrogens with zero attached hydrogens (tertiary/aromatic N) is 1. The van der Waals surface area contributed by atoms with Crippen LogP contribution in [-0.2, 0) is 16.1 Å². The summed E-state index contributed by atoms with van der Waals surface area (Å²) in [6.45, 7) is 0.416. The van der Waals surface area contributed by atoms with Crippen LogP contribution in [-0.4, -0.2) is 28.2 Å². The van der Waals surface area contributed by atoms with Gasteiger partial charge in [0.15, 0.2) is 0 Å².